The number of ether oxygens (including phenoxy) is 1. The van der Waals surface area contributed by atoms with Gasteiger partial charge in [-0.2, -0.15) is 0 Å². The van der Waals surface area contributed by atoms with E-state index in [0.29, 0.717) is 12.8 Å². The van der Waals surface area contributed by atoms with Crippen molar-refractivity contribution in [2.75, 3.05) is 7.11 Å². The number of benzene rings is 1. The second-order valence-electron chi connectivity index (χ2n) is 6.85. The van der Waals surface area contributed by atoms with Crippen LogP contribution >= 0.6 is 0 Å². The SMILES string of the molecule is COC(=O)CCc1cc(B2OC(C)(C)C(C)(C)O2)ccc1C. The summed E-state index contributed by atoms with van der Waals surface area (Å²) in [7, 11) is 1.04. The van der Waals surface area contributed by atoms with Gasteiger partial charge in [-0.1, -0.05) is 18.2 Å². The van der Waals surface area contributed by atoms with Crippen LogP contribution in [0.4, 0.5) is 0 Å². The van der Waals surface area contributed by atoms with Crippen molar-refractivity contribution in [1.29, 1.82) is 0 Å². The van der Waals surface area contributed by atoms with Crippen molar-refractivity contribution in [2.24, 2.45) is 0 Å². The van der Waals surface area contributed by atoms with Gasteiger partial charge in [-0.3, -0.25) is 4.79 Å². The Bertz CT molecular complexity index is 550. The lowest BCUT2D eigenvalue weighted by atomic mass is 9.77. The Morgan fingerprint density at radius 3 is 2.32 bits per heavy atom. The monoisotopic (exact) mass is 304 g/mol. The summed E-state index contributed by atoms with van der Waals surface area (Å²) in [5, 5.41) is 0. The van der Waals surface area contributed by atoms with Gasteiger partial charge in [0, 0.05) is 6.42 Å². The summed E-state index contributed by atoms with van der Waals surface area (Å²) in [5.74, 6) is -0.194. The van der Waals surface area contributed by atoms with E-state index in [1.54, 1.807) is 0 Å². The van der Waals surface area contributed by atoms with Crippen LogP contribution in [0.5, 0.6) is 0 Å². The smallest absolute Gasteiger partial charge is 0.469 e. The van der Waals surface area contributed by atoms with Crippen molar-refractivity contribution in [3.8, 4) is 0 Å². The highest BCUT2D eigenvalue weighted by molar-refractivity contribution is 6.62. The zero-order valence-corrected chi connectivity index (χ0v) is 14.4. The van der Waals surface area contributed by atoms with Gasteiger partial charge in [0.15, 0.2) is 0 Å². The molecule has 0 amide bonds. The highest BCUT2D eigenvalue weighted by atomic mass is 16.7. The molecule has 1 aromatic carbocycles. The number of esters is 1. The molecule has 0 spiro atoms. The molecular weight excluding hydrogens is 279 g/mol. The van der Waals surface area contributed by atoms with Gasteiger partial charge in [0.2, 0.25) is 0 Å². The Balaban J connectivity index is 2.18. The Labute approximate surface area is 133 Å². The van der Waals surface area contributed by atoms with Gasteiger partial charge in [-0.15, -0.1) is 0 Å². The first-order valence-corrected chi connectivity index (χ1v) is 7.68. The van der Waals surface area contributed by atoms with Crippen molar-refractivity contribution in [3.05, 3.63) is 29.3 Å². The molecule has 0 aromatic heterocycles. The van der Waals surface area contributed by atoms with Crippen LogP contribution in [0, 0.1) is 6.92 Å². The van der Waals surface area contributed by atoms with E-state index in [9.17, 15) is 4.79 Å². The highest BCUT2D eigenvalue weighted by Crippen LogP contribution is 2.36. The molecule has 0 unspecified atom stereocenters. The lowest BCUT2D eigenvalue weighted by Crippen LogP contribution is -2.41. The molecule has 120 valence electrons. The Morgan fingerprint density at radius 1 is 1.18 bits per heavy atom. The van der Waals surface area contributed by atoms with Crippen LogP contribution in [0.3, 0.4) is 0 Å². The molecule has 2 rings (SSSR count). The zero-order valence-electron chi connectivity index (χ0n) is 14.4. The summed E-state index contributed by atoms with van der Waals surface area (Å²) >= 11 is 0. The molecule has 1 aromatic rings. The summed E-state index contributed by atoms with van der Waals surface area (Å²) < 4.78 is 16.9. The van der Waals surface area contributed by atoms with Gasteiger partial charge in [0.25, 0.3) is 0 Å². The molecular formula is C17H25BO4. The van der Waals surface area contributed by atoms with E-state index in [-0.39, 0.29) is 24.3 Å². The van der Waals surface area contributed by atoms with Crippen molar-refractivity contribution < 1.29 is 18.8 Å². The van der Waals surface area contributed by atoms with Crippen molar-refractivity contribution >= 4 is 18.6 Å². The second kappa shape index (κ2) is 6.05. The molecule has 0 aliphatic carbocycles. The summed E-state index contributed by atoms with van der Waals surface area (Å²) in [6, 6.07) is 6.15. The van der Waals surface area contributed by atoms with Crippen LogP contribution in [0.1, 0.15) is 45.2 Å². The summed E-state index contributed by atoms with van der Waals surface area (Å²) in [6.07, 6.45) is 1.04. The number of aryl methyl sites for hydroxylation is 2. The molecule has 22 heavy (non-hydrogen) atoms. The quantitative estimate of drug-likeness (QED) is 0.633. The van der Waals surface area contributed by atoms with E-state index < -0.39 is 0 Å². The minimum atomic E-state index is -0.373. The molecule has 5 heteroatoms. The average molecular weight is 304 g/mol. The molecule has 4 nitrogen and oxygen atoms in total. The molecule has 1 saturated heterocycles. The van der Waals surface area contributed by atoms with Crippen LogP contribution in [0.2, 0.25) is 0 Å². The summed E-state index contributed by atoms with van der Waals surface area (Å²) in [6.45, 7) is 10.2. The molecule has 1 heterocycles. The van der Waals surface area contributed by atoms with Crippen LogP contribution in [0.15, 0.2) is 18.2 Å². The second-order valence-corrected chi connectivity index (χ2v) is 6.85. The Morgan fingerprint density at radius 2 is 1.77 bits per heavy atom. The number of carbonyl (C=O) groups is 1. The van der Waals surface area contributed by atoms with E-state index in [1.807, 2.05) is 46.8 Å². The molecule has 1 fully saturated rings. The maximum absolute atomic E-state index is 11.3. The highest BCUT2D eigenvalue weighted by Gasteiger charge is 2.51. The van der Waals surface area contributed by atoms with Crippen LogP contribution in [0.25, 0.3) is 0 Å². The minimum Gasteiger partial charge on any atom is -0.469 e. The average Bonchev–Trinajstić information content (AvgIpc) is 2.66. The van der Waals surface area contributed by atoms with Gasteiger partial charge in [-0.25, -0.2) is 0 Å². The maximum Gasteiger partial charge on any atom is 0.494 e. The van der Waals surface area contributed by atoms with Gasteiger partial charge >= 0.3 is 13.1 Å². The lowest BCUT2D eigenvalue weighted by molar-refractivity contribution is -0.140. The molecule has 0 N–H and O–H groups in total. The maximum atomic E-state index is 11.3. The molecule has 0 radical (unpaired) electrons. The molecule has 0 saturated carbocycles. The third kappa shape index (κ3) is 3.36. The van der Waals surface area contributed by atoms with Gasteiger partial charge in [-0.05, 0) is 57.6 Å². The van der Waals surface area contributed by atoms with Gasteiger partial charge in [0.1, 0.15) is 0 Å². The normalized spacial score (nSPS) is 19.3. The molecule has 1 aliphatic heterocycles. The van der Waals surface area contributed by atoms with Crippen LogP contribution in [-0.4, -0.2) is 31.4 Å². The predicted octanol–water partition coefficient (Wildman–Crippen LogP) is 2.40. The number of methoxy groups -OCH3 is 1. The first-order valence-electron chi connectivity index (χ1n) is 7.68. The van der Waals surface area contributed by atoms with E-state index >= 15 is 0 Å². The number of carbonyl (C=O) groups excluding carboxylic acids is 1. The first kappa shape index (κ1) is 17.0. The van der Waals surface area contributed by atoms with E-state index in [1.165, 1.54) is 7.11 Å². The Hall–Kier alpha value is -1.33. The first-order chi connectivity index (χ1) is 10.2. The molecule has 1 aliphatic rings. The zero-order chi connectivity index (χ0) is 16.5. The van der Waals surface area contributed by atoms with E-state index in [2.05, 4.69) is 6.07 Å². The number of rotatable bonds is 4. The number of hydrogen-bond acceptors (Lipinski definition) is 4. The third-order valence-electron chi connectivity index (χ3n) is 4.72. The standard InChI is InChI=1S/C17H25BO4/c1-12-7-9-14(11-13(12)8-10-15(19)20-6)18-21-16(2,3)17(4,5)22-18/h7,9,11H,8,10H2,1-6H3. The van der Waals surface area contributed by atoms with E-state index in [4.69, 9.17) is 14.0 Å². The third-order valence-corrected chi connectivity index (χ3v) is 4.72. The predicted molar refractivity (Wildman–Crippen MR) is 87.2 cm³/mol. The van der Waals surface area contributed by atoms with Gasteiger partial charge < -0.3 is 14.0 Å². The number of hydrogen-bond donors (Lipinski definition) is 0. The fourth-order valence-electron chi connectivity index (χ4n) is 2.43. The molecule has 0 atom stereocenters. The largest absolute Gasteiger partial charge is 0.494 e. The van der Waals surface area contributed by atoms with Crippen LogP contribution < -0.4 is 5.46 Å². The fourth-order valence-corrected chi connectivity index (χ4v) is 2.43. The Kier molecular flexibility index (Phi) is 4.69. The van der Waals surface area contributed by atoms with Gasteiger partial charge in [0.05, 0.1) is 18.3 Å². The summed E-state index contributed by atoms with van der Waals surface area (Å²) in [5.41, 5.74) is 2.56. The van der Waals surface area contributed by atoms with Crippen LogP contribution in [-0.2, 0) is 25.3 Å². The van der Waals surface area contributed by atoms with Crippen molar-refractivity contribution in [2.45, 2.75) is 58.7 Å². The van der Waals surface area contributed by atoms with Crippen molar-refractivity contribution in [3.63, 3.8) is 0 Å². The molecule has 0 bridgehead atoms. The minimum absolute atomic E-state index is 0.194. The lowest BCUT2D eigenvalue weighted by Gasteiger charge is -2.32. The topological polar surface area (TPSA) is 44.8 Å². The van der Waals surface area contributed by atoms with E-state index in [0.717, 1.165) is 16.6 Å². The van der Waals surface area contributed by atoms with Crippen molar-refractivity contribution in [1.82, 2.24) is 0 Å². The fraction of sp³-hybridized carbons (Fsp3) is 0.588. The summed E-state index contributed by atoms with van der Waals surface area (Å²) in [4.78, 5) is 11.3.